The summed E-state index contributed by atoms with van der Waals surface area (Å²) in [5, 5.41) is 2.30. The lowest BCUT2D eigenvalue weighted by atomic mass is 10.3. The highest BCUT2D eigenvalue weighted by Gasteiger charge is 2.03. The van der Waals surface area contributed by atoms with Gasteiger partial charge in [0.05, 0.1) is 20.6 Å². The molecular weight excluding hydrogens is 250 g/mol. The van der Waals surface area contributed by atoms with Crippen LogP contribution in [0.3, 0.4) is 0 Å². The zero-order chi connectivity index (χ0) is 14.1. The molecule has 0 aromatic heterocycles. The Kier molecular flexibility index (Phi) is 5.94. The van der Waals surface area contributed by atoms with Crippen LogP contribution >= 0.6 is 0 Å². The second-order valence-electron chi connectivity index (χ2n) is 3.40. The van der Waals surface area contributed by atoms with Crippen molar-refractivity contribution in [2.24, 2.45) is 0 Å². The molecular formula is C13H15NO5. The average molecular weight is 265 g/mol. The van der Waals surface area contributed by atoms with E-state index in [1.165, 1.54) is 26.5 Å². The molecule has 0 aliphatic heterocycles. The summed E-state index contributed by atoms with van der Waals surface area (Å²) in [7, 11) is 2.78. The first kappa shape index (κ1) is 14.6. The zero-order valence-corrected chi connectivity index (χ0v) is 10.7. The monoisotopic (exact) mass is 265 g/mol. The van der Waals surface area contributed by atoms with Gasteiger partial charge < -0.3 is 14.2 Å². The first-order valence-electron chi connectivity index (χ1n) is 5.50. The maximum Gasteiger partial charge on any atom is 0.410 e. The minimum Gasteiger partial charge on any atom is -0.497 e. The standard InChI is InChI=1S/C13H15NO5/c1-17-10-5-3-6-11(9-10)19-12(15)7-4-8-14-13(16)18-2/h3-6,8-9H,7H2,1-2H3,(H,14,16)/b8-4+. The maximum atomic E-state index is 11.5. The lowest BCUT2D eigenvalue weighted by molar-refractivity contribution is -0.133. The minimum absolute atomic E-state index is 0.0290. The molecule has 102 valence electrons. The molecule has 6 heteroatoms. The fourth-order valence-corrected chi connectivity index (χ4v) is 1.18. The molecule has 0 atom stereocenters. The number of benzene rings is 1. The van der Waals surface area contributed by atoms with Gasteiger partial charge in [0, 0.05) is 12.3 Å². The van der Waals surface area contributed by atoms with Crippen LogP contribution in [0, 0.1) is 0 Å². The Morgan fingerprint density at radius 1 is 1.26 bits per heavy atom. The van der Waals surface area contributed by atoms with E-state index >= 15 is 0 Å². The number of methoxy groups -OCH3 is 2. The van der Waals surface area contributed by atoms with Crippen molar-refractivity contribution in [1.29, 1.82) is 0 Å². The summed E-state index contributed by atoms with van der Waals surface area (Å²) in [5.74, 6) is 0.558. The van der Waals surface area contributed by atoms with Gasteiger partial charge in [0.1, 0.15) is 11.5 Å². The number of ether oxygens (including phenoxy) is 3. The van der Waals surface area contributed by atoms with E-state index in [1.54, 1.807) is 24.3 Å². The lowest BCUT2D eigenvalue weighted by Crippen LogP contribution is -2.16. The molecule has 6 nitrogen and oxygen atoms in total. The van der Waals surface area contributed by atoms with Gasteiger partial charge in [-0.2, -0.15) is 0 Å². The molecule has 0 unspecified atom stereocenters. The van der Waals surface area contributed by atoms with Crippen LogP contribution in [0.5, 0.6) is 11.5 Å². The predicted octanol–water partition coefficient (Wildman–Crippen LogP) is 1.86. The third-order valence-electron chi connectivity index (χ3n) is 2.06. The Balaban J connectivity index is 2.40. The van der Waals surface area contributed by atoms with E-state index in [9.17, 15) is 9.59 Å². The van der Waals surface area contributed by atoms with Crippen molar-refractivity contribution < 1.29 is 23.8 Å². The van der Waals surface area contributed by atoms with E-state index in [0.29, 0.717) is 11.5 Å². The maximum absolute atomic E-state index is 11.5. The molecule has 0 radical (unpaired) electrons. The summed E-state index contributed by atoms with van der Waals surface area (Å²) in [6, 6.07) is 6.72. The highest BCUT2D eigenvalue weighted by atomic mass is 16.5. The van der Waals surface area contributed by atoms with Gasteiger partial charge in [-0.05, 0) is 12.1 Å². The molecule has 0 aliphatic carbocycles. The molecule has 0 bridgehead atoms. The van der Waals surface area contributed by atoms with Crippen molar-refractivity contribution in [3.8, 4) is 11.5 Å². The number of alkyl carbamates (subject to hydrolysis) is 1. The number of amides is 1. The highest BCUT2D eigenvalue weighted by molar-refractivity contribution is 5.74. The Hall–Kier alpha value is -2.50. The van der Waals surface area contributed by atoms with E-state index in [-0.39, 0.29) is 6.42 Å². The number of hydrogen-bond acceptors (Lipinski definition) is 5. The molecule has 1 N–H and O–H groups in total. The Morgan fingerprint density at radius 3 is 2.68 bits per heavy atom. The molecule has 1 amide bonds. The average Bonchev–Trinajstić information content (AvgIpc) is 2.43. The number of hydrogen-bond donors (Lipinski definition) is 1. The number of rotatable bonds is 5. The van der Waals surface area contributed by atoms with E-state index in [0.717, 1.165) is 0 Å². The van der Waals surface area contributed by atoms with Gasteiger partial charge in [-0.1, -0.05) is 12.1 Å². The fraction of sp³-hybridized carbons (Fsp3) is 0.231. The third kappa shape index (κ3) is 5.58. The van der Waals surface area contributed by atoms with Gasteiger partial charge in [-0.3, -0.25) is 10.1 Å². The van der Waals surface area contributed by atoms with Gasteiger partial charge in [-0.25, -0.2) is 4.79 Å². The van der Waals surface area contributed by atoms with Crippen LogP contribution in [0.1, 0.15) is 6.42 Å². The van der Waals surface area contributed by atoms with Crippen molar-refractivity contribution in [2.45, 2.75) is 6.42 Å². The van der Waals surface area contributed by atoms with E-state index in [1.807, 2.05) is 0 Å². The zero-order valence-electron chi connectivity index (χ0n) is 10.7. The first-order chi connectivity index (χ1) is 9.15. The van der Waals surface area contributed by atoms with Gasteiger partial charge in [0.25, 0.3) is 0 Å². The van der Waals surface area contributed by atoms with Crippen LogP contribution in [0.2, 0.25) is 0 Å². The molecule has 1 rings (SSSR count). The van der Waals surface area contributed by atoms with Gasteiger partial charge in [-0.15, -0.1) is 0 Å². The fourth-order valence-electron chi connectivity index (χ4n) is 1.18. The van der Waals surface area contributed by atoms with Gasteiger partial charge in [0.15, 0.2) is 0 Å². The van der Waals surface area contributed by atoms with Crippen LogP contribution in [-0.2, 0) is 9.53 Å². The summed E-state index contributed by atoms with van der Waals surface area (Å²) >= 11 is 0. The van der Waals surface area contributed by atoms with Crippen molar-refractivity contribution in [3.63, 3.8) is 0 Å². The predicted molar refractivity (Wildman–Crippen MR) is 67.9 cm³/mol. The highest BCUT2D eigenvalue weighted by Crippen LogP contribution is 2.19. The van der Waals surface area contributed by atoms with Crippen molar-refractivity contribution in [2.75, 3.05) is 14.2 Å². The molecule has 0 heterocycles. The van der Waals surface area contributed by atoms with Crippen LogP contribution in [0.4, 0.5) is 4.79 Å². The molecule has 0 fully saturated rings. The van der Waals surface area contributed by atoms with Crippen LogP contribution < -0.4 is 14.8 Å². The number of carbonyl (C=O) groups is 2. The second kappa shape index (κ2) is 7.75. The SMILES string of the molecule is COC(=O)N/C=C/CC(=O)Oc1cccc(OC)c1. The Labute approximate surface area is 111 Å². The summed E-state index contributed by atoms with van der Waals surface area (Å²) in [6.07, 6.45) is 2.21. The van der Waals surface area contributed by atoms with Crippen LogP contribution in [0.25, 0.3) is 0 Å². The van der Waals surface area contributed by atoms with E-state index < -0.39 is 12.1 Å². The summed E-state index contributed by atoms with van der Waals surface area (Å²) in [4.78, 5) is 22.2. The summed E-state index contributed by atoms with van der Waals surface area (Å²) in [6.45, 7) is 0. The topological polar surface area (TPSA) is 73.9 Å². The van der Waals surface area contributed by atoms with Crippen LogP contribution in [0.15, 0.2) is 36.5 Å². The molecule has 0 saturated heterocycles. The minimum atomic E-state index is -0.600. The molecule has 19 heavy (non-hydrogen) atoms. The van der Waals surface area contributed by atoms with Crippen molar-refractivity contribution in [3.05, 3.63) is 36.5 Å². The third-order valence-corrected chi connectivity index (χ3v) is 2.06. The second-order valence-corrected chi connectivity index (χ2v) is 3.40. The van der Waals surface area contributed by atoms with Gasteiger partial charge >= 0.3 is 12.1 Å². The normalized spacial score (nSPS) is 10.0. The largest absolute Gasteiger partial charge is 0.497 e. The number of esters is 1. The van der Waals surface area contributed by atoms with Crippen molar-refractivity contribution in [1.82, 2.24) is 5.32 Å². The van der Waals surface area contributed by atoms with Gasteiger partial charge in [0.2, 0.25) is 0 Å². The molecule has 1 aromatic carbocycles. The van der Waals surface area contributed by atoms with E-state index in [2.05, 4.69) is 10.1 Å². The quantitative estimate of drug-likeness (QED) is 0.649. The van der Waals surface area contributed by atoms with Crippen molar-refractivity contribution >= 4 is 12.1 Å². The smallest absolute Gasteiger partial charge is 0.410 e. The Morgan fingerprint density at radius 2 is 2.00 bits per heavy atom. The Bertz CT molecular complexity index is 470. The molecule has 0 spiro atoms. The first-order valence-corrected chi connectivity index (χ1v) is 5.50. The number of carbonyl (C=O) groups excluding carboxylic acids is 2. The number of nitrogens with one attached hydrogen (secondary N) is 1. The molecule has 0 aliphatic rings. The summed E-state index contributed by atoms with van der Waals surface area (Å²) in [5.41, 5.74) is 0. The van der Waals surface area contributed by atoms with E-state index in [4.69, 9.17) is 9.47 Å². The lowest BCUT2D eigenvalue weighted by Gasteiger charge is -2.04. The summed E-state index contributed by atoms with van der Waals surface area (Å²) < 4.78 is 14.4. The molecule has 1 aromatic rings. The molecule has 0 saturated carbocycles. The van der Waals surface area contributed by atoms with Crippen LogP contribution in [-0.4, -0.2) is 26.3 Å².